The molecule has 0 saturated heterocycles. The molecule has 64 valence electrons. The average molecular weight is 274 g/mol. The van der Waals surface area contributed by atoms with Gasteiger partial charge in [0, 0.05) is 12.0 Å². The van der Waals surface area contributed by atoms with Crippen molar-refractivity contribution in [2.24, 2.45) is 5.10 Å². The maximum Gasteiger partial charge on any atom is 0.109 e. The fourth-order valence-electron chi connectivity index (χ4n) is 1.29. The number of hydrogen-bond acceptors (Lipinski definition) is 1. The van der Waals surface area contributed by atoms with Gasteiger partial charge in [-0.15, -0.1) is 0 Å². The van der Waals surface area contributed by atoms with Crippen LogP contribution < -0.4 is 29.4 Å². The van der Waals surface area contributed by atoms with Crippen molar-refractivity contribution in [3.8, 4) is 0 Å². The molecule has 0 amide bonds. The van der Waals surface area contributed by atoms with Crippen molar-refractivity contribution in [3.63, 3.8) is 0 Å². The number of nitrogens with two attached hydrogens (primary N) is 1. The molecule has 1 aliphatic rings. The van der Waals surface area contributed by atoms with Gasteiger partial charge >= 0.3 is 0 Å². The minimum Gasteiger partial charge on any atom is -1.00 e. The Hall–Kier alpha value is -0.420. The first kappa shape index (κ1) is 9.67. The summed E-state index contributed by atoms with van der Waals surface area (Å²) in [5, 5.41) is 4.30. The van der Waals surface area contributed by atoms with Crippen LogP contribution in [0.4, 0.5) is 0 Å². The molecule has 2 N–H and O–H groups in total. The summed E-state index contributed by atoms with van der Waals surface area (Å²) < 4.78 is 0. The molecule has 0 atom stereocenters. The maximum atomic E-state index is 4.30. The lowest BCUT2D eigenvalue weighted by atomic mass is 10.1. The lowest BCUT2D eigenvalue weighted by Gasteiger charge is -1.93. The molecule has 0 spiro atoms. The molecule has 0 radical (unpaired) electrons. The Morgan fingerprint density at radius 2 is 1.92 bits per heavy atom. The Morgan fingerprint density at radius 1 is 1.17 bits per heavy atom. The molecule has 0 fully saturated rings. The van der Waals surface area contributed by atoms with E-state index in [0.29, 0.717) is 0 Å². The molecule has 1 heterocycles. The van der Waals surface area contributed by atoms with E-state index in [2.05, 4.69) is 29.4 Å². The lowest BCUT2D eigenvalue weighted by molar-refractivity contribution is -0.652. The van der Waals surface area contributed by atoms with Crippen molar-refractivity contribution >= 4 is 5.71 Å². The highest BCUT2D eigenvalue weighted by molar-refractivity contribution is 6.00. The standard InChI is InChI=1S/C9H10N2.HI/c1-2-4-8(5-3-1)9-6-7-10-11-9;/h1-5,10H,6-7H2;1H. The second kappa shape index (κ2) is 4.57. The molecular weight excluding hydrogens is 263 g/mol. The first-order chi connectivity index (χ1) is 5.47. The van der Waals surface area contributed by atoms with E-state index in [1.807, 2.05) is 11.5 Å². The minimum atomic E-state index is 0. The molecule has 0 aliphatic carbocycles. The van der Waals surface area contributed by atoms with E-state index in [1.165, 1.54) is 11.3 Å². The number of nitrogens with zero attached hydrogens (tertiary/aromatic N) is 1. The van der Waals surface area contributed by atoms with Crippen LogP contribution in [0.15, 0.2) is 35.4 Å². The molecule has 0 saturated carbocycles. The van der Waals surface area contributed by atoms with Crippen molar-refractivity contribution in [2.75, 3.05) is 6.54 Å². The predicted molar refractivity (Wildman–Crippen MR) is 44.4 cm³/mol. The highest BCUT2D eigenvalue weighted by atomic mass is 127. The van der Waals surface area contributed by atoms with E-state index in [9.17, 15) is 0 Å². The second-order valence-electron chi connectivity index (χ2n) is 2.66. The third-order valence-electron chi connectivity index (χ3n) is 1.86. The van der Waals surface area contributed by atoms with Gasteiger partial charge in [0.1, 0.15) is 12.3 Å². The second-order valence-corrected chi connectivity index (χ2v) is 2.66. The van der Waals surface area contributed by atoms with E-state index in [1.54, 1.807) is 0 Å². The summed E-state index contributed by atoms with van der Waals surface area (Å²) in [7, 11) is 0. The smallest absolute Gasteiger partial charge is 0.109 e. The zero-order valence-corrected chi connectivity index (χ0v) is 8.86. The Morgan fingerprint density at radius 3 is 2.50 bits per heavy atom. The van der Waals surface area contributed by atoms with Crippen LogP contribution in [0.2, 0.25) is 0 Å². The van der Waals surface area contributed by atoms with Crippen LogP contribution in [-0.2, 0) is 0 Å². The van der Waals surface area contributed by atoms with Crippen LogP contribution in [0.3, 0.4) is 0 Å². The highest BCUT2D eigenvalue weighted by Crippen LogP contribution is 2.03. The minimum absolute atomic E-state index is 0. The fourth-order valence-corrected chi connectivity index (χ4v) is 1.29. The quantitative estimate of drug-likeness (QED) is 0.428. The van der Waals surface area contributed by atoms with Gasteiger partial charge in [0.15, 0.2) is 0 Å². The van der Waals surface area contributed by atoms with E-state index in [4.69, 9.17) is 0 Å². The van der Waals surface area contributed by atoms with Crippen molar-refractivity contribution in [1.29, 1.82) is 0 Å². The van der Waals surface area contributed by atoms with Crippen LogP contribution in [0, 0.1) is 0 Å². The van der Waals surface area contributed by atoms with Crippen LogP contribution >= 0.6 is 0 Å². The van der Waals surface area contributed by atoms with Crippen LogP contribution in [0.1, 0.15) is 12.0 Å². The summed E-state index contributed by atoms with van der Waals surface area (Å²) in [5.74, 6) is 0. The van der Waals surface area contributed by atoms with Crippen LogP contribution in [-0.4, -0.2) is 12.3 Å². The van der Waals surface area contributed by atoms with Gasteiger partial charge in [0.2, 0.25) is 0 Å². The Balaban J connectivity index is 0.000000720. The van der Waals surface area contributed by atoms with E-state index < -0.39 is 0 Å². The summed E-state index contributed by atoms with van der Waals surface area (Å²) in [6, 6.07) is 10.4. The van der Waals surface area contributed by atoms with Crippen molar-refractivity contribution in [1.82, 2.24) is 0 Å². The summed E-state index contributed by atoms with van der Waals surface area (Å²) in [4.78, 5) is 0. The number of halogens is 1. The Bertz CT molecular complexity index is 269. The molecular formula is C9H11IN2. The zero-order chi connectivity index (χ0) is 7.52. The summed E-state index contributed by atoms with van der Waals surface area (Å²) in [5.41, 5.74) is 4.48. The topological polar surface area (TPSA) is 29.0 Å². The molecule has 0 bridgehead atoms. The summed E-state index contributed by atoms with van der Waals surface area (Å²) >= 11 is 0. The number of rotatable bonds is 1. The largest absolute Gasteiger partial charge is 1.00 e. The summed E-state index contributed by atoms with van der Waals surface area (Å²) in [6.07, 6.45) is 1.10. The molecule has 0 unspecified atom stereocenters. The normalized spacial score (nSPS) is 15.2. The molecule has 3 heteroatoms. The first-order valence-corrected chi connectivity index (χ1v) is 3.90. The SMILES string of the molecule is [I-].c1ccc(C2=N[NH2+]CC2)cc1. The van der Waals surface area contributed by atoms with Crippen molar-refractivity contribution in [2.45, 2.75) is 6.42 Å². The van der Waals surface area contributed by atoms with E-state index >= 15 is 0 Å². The van der Waals surface area contributed by atoms with Gasteiger partial charge in [-0.1, -0.05) is 35.4 Å². The molecule has 1 aromatic carbocycles. The van der Waals surface area contributed by atoms with Gasteiger partial charge < -0.3 is 24.0 Å². The van der Waals surface area contributed by atoms with Gasteiger partial charge in [0.05, 0.1) is 0 Å². The van der Waals surface area contributed by atoms with E-state index in [0.717, 1.165) is 13.0 Å². The molecule has 2 nitrogen and oxygen atoms in total. The van der Waals surface area contributed by atoms with Crippen LogP contribution in [0.5, 0.6) is 0 Å². The zero-order valence-electron chi connectivity index (χ0n) is 6.70. The number of quaternary nitrogens is 1. The molecule has 1 aliphatic heterocycles. The first-order valence-electron chi connectivity index (χ1n) is 3.90. The van der Waals surface area contributed by atoms with Gasteiger partial charge in [-0.3, -0.25) is 0 Å². The van der Waals surface area contributed by atoms with Gasteiger partial charge in [0.25, 0.3) is 0 Å². The van der Waals surface area contributed by atoms with Crippen molar-refractivity contribution < 1.29 is 29.4 Å². The monoisotopic (exact) mass is 274 g/mol. The molecule has 1 aromatic rings. The molecule has 12 heavy (non-hydrogen) atoms. The van der Waals surface area contributed by atoms with E-state index in [-0.39, 0.29) is 24.0 Å². The fraction of sp³-hybridized carbons (Fsp3) is 0.222. The van der Waals surface area contributed by atoms with Crippen LogP contribution in [0.25, 0.3) is 0 Å². The Labute approximate surface area is 89.1 Å². The third-order valence-corrected chi connectivity index (χ3v) is 1.86. The highest BCUT2D eigenvalue weighted by Gasteiger charge is 2.10. The maximum absolute atomic E-state index is 4.30. The van der Waals surface area contributed by atoms with Gasteiger partial charge in [-0.05, 0) is 0 Å². The average Bonchev–Trinajstić information content (AvgIpc) is 2.58. The Kier molecular flexibility index (Phi) is 3.68. The van der Waals surface area contributed by atoms with Crippen molar-refractivity contribution in [3.05, 3.63) is 35.9 Å². The number of benzene rings is 1. The number of hydrogen-bond donors (Lipinski definition) is 1. The van der Waals surface area contributed by atoms with Gasteiger partial charge in [-0.25, -0.2) is 5.43 Å². The lowest BCUT2D eigenvalue weighted by Crippen LogP contribution is -3.00. The predicted octanol–water partition coefficient (Wildman–Crippen LogP) is -2.64. The van der Waals surface area contributed by atoms with Gasteiger partial charge in [-0.2, -0.15) is 0 Å². The summed E-state index contributed by atoms with van der Waals surface area (Å²) in [6.45, 7) is 1.10. The molecule has 2 rings (SSSR count). The third kappa shape index (κ3) is 2.04. The molecule has 0 aromatic heterocycles.